The van der Waals surface area contributed by atoms with E-state index in [-0.39, 0.29) is 0 Å². The lowest BCUT2D eigenvalue weighted by molar-refractivity contribution is 0.439. The number of rotatable bonds is 7. The minimum absolute atomic E-state index is 0.339. The molecule has 0 aromatic heterocycles. The summed E-state index contributed by atoms with van der Waals surface area (Å²) >= 11 is 3.46. The lowest BCUT2D eigenvalue weighted by Gasteiger charge is -2.25. The molecule has 0 unspecified atom stereocenters. The molecule has 0 aliphatic rings. The highest BCUT2D eigenvalue weighted by Gasteiger charge is 2.26. The van der Waals surface area contributed by atoms with Crippen molar-refractivity contribution in [2.75, 3.05) is 6.54 Å². The molecule has 0 atom stereocenters. The summed E-state index contributed by atoms with van der Waals surface area (Å²) in [7, 11) is -3.54. The van der Waals surface area contributed by atoms with E-state index in [0.717, 1.165) is 28.6 Å². The Bertz CT molecular complexity index is 598. The van der Waals surface area contributed by atoms with Crippen molar-refractivity contribution in [2.45, 2.75) is 58.0 Å². The Balaban J connectivity index is 3.24. The average molecular weight is 377 g/mol. The third kappa shape index (κ3) is 5.06. The summed E-state index contributed by atoms with van der Waals surface area (Å²) in [5.41, 5.74) is 1.22. The molecule has 6 heteroatoms. The normalized spacial score (nSPS) is 12.7. The standard InChI is InChI=1S/C15H25BrN2O2S/c1-6-15(4,5)18-21(19,20)14-9-12(10-17-7-2)8-13(16)11(14)3/h8-9,17-18H,6-7,10H2,1-5H3. The number of benzene rings is 1. The molecule has 0 saturated heterocycles. The maximum absolute atomic E-state index is 12.7. The van der Waals surface area contributed by atoms with Crippen molar-refractivity contribution in [2.24, 2.45) is 0 Å². The monoisotopic (exact) mass is 376 g/mol. The van der Waals surface area contributed by atoms with Crippen LogP contribution in [0, 0.1) is 6.92 Å². The van der Waals surface area contributed by atoms with Gasteiger partial charge in [-0.1, -0.05) is 29.8 Å². The molecule has 1 aromatic carbocycles. The van der Waals surface area contributed by atoms with Gasteiger partial charge in [0.2, 0.25) is 10.0 Å². The van der Waals surface area contributed by atoms with Crippen molar-refractivity contribution in [1.82, 2.24) is 10.0 Å². The van der Waals surface area contributed by atoms with Gasteiger partial charge in [0.05, 0.1) is 4.90 Å². The predicted octanol–water partition coefficient (Wildman–Crippen LogP) is 3.33. The first-order chi connectivity index (χ1) is 9.63. The largest absolute Gasteiger partial charge is 0.313 e. The Hall–Kier alpha value is -0.430. The number of halogens is 1. The second-order valence-electron chi connectivity index (χ2n) is 5.82. The van der Waals surface area contributed by atoms with E-state index in [2.05, 4.69) is 26.0 Å². The highest BCUT2D eigenvalue weighted by atomic mass is 79.9. The van der Waals surface area contributed by atoms with Crippen molar-refractivity contribution in [1.29, 1.82) is 0 Å². The maximum atomic E-state index is 12.7. The molecular weight excluding hydrogens is 352 g/mol. The summed E-state index contributed by atoms with van der Waals surface area (Å²) in [6.07, 6.45) is 0.726. The van der Waals surface area contributed by atoms with Crippen LogP contribution in [0.25, 0.3) is 0 Å². The summed E-state index contributed by atoms with van der Waals surface area (Å²) in [5, 5.41) is 3.21. The molecular formula is C15H25BrN2O2S. The van der Waals surface area contributed by atoms with E-state index in [0.29, 0.717) is 11.4 Å². The molecule has 21 heavy (non-hydrogen) atoms. The van der Waals surface area contributed by atoms with Gasteiger partial charge in [-0.3, -0.25) is 0 Å². The second kappa shape index (κ2) is 7.22. The Morgan fingerprint density at radius 2 is 1.86 bits per heavy atom. The molecule has 4 nitrogen and oxygen atoms in total. The lowest BCUT2D eigenvalue weighted by atomic mass is 10.0. The van der Waals surface area contributed by atoms with Gasteiger partial charge in [-0.25, -0.2) is 13.1 Å². The summed E-state index contributed by atoms with van der Waals surface area (Å²) in [6.45, 7) is 11.1. The SMILES string of the molecule is CCNCc1cc(Br)c(C)c(S(=O)(=O)NC(C)(C)CC)c1. The van der Waals surface area contributed by atoms with Crippen molar-refractivity contribution in [3.05, 3.63) is 27.7 Å². The van der Waals surface area contributed by atoms with Gasteiger partial charge in [-0.15, -0.1) is 0 Å². The number of nitrogens with one attached hydrogen (secondary N) is 2. The predicted molar refractivity (Wildman–Crippen MR) is 91.0 cm³/mol. The quantitative estimate of drug-likeness (QED) is 0.766. The molecule has 120 valence electrons. The van der Waals surface area contributed by atoms with Crippen LogP contribution in [0.15, 0.2) is 21.5 Å². The van der Waals surface area contributed by atoms with Crippen LogP contribution in [-0.4, -0.2) is 20.5 Å². The summed E-state index contributed by atoms with van der Waals surface area (Å²) in [6, 6.07) is 3.71. The zero-order valence-corrected chi connectivity index (χ0v) is 15.8. The number of sulfonamides is 1. The molecule has 0 bridgehead atoms. The number of hydrogen-bond donors (Lipinski definition) is 2. The van der Waals surface area contributed by atoms with Crippen molar-refractivity contribution in [3.8, 4) is 0 Å². The van der Waals surface area contributed by atoms with E-state index >= 15 is 0 Å². The first-order valence-corrected chi connectivity index (χ1v) is 9.44. The van der Waals surface area contributed by atoms with Crippen LogP contribution in [0.2, 0.25) is 0 Å². The van der Waals surface area contributed by atoms with Crippen LogP contribution in [0.1, 0.15) is 45.2 Å². The van der Waals surface area contributed by atoms with Crippen molar-refractivity contribution >= 4 is 26.0 Å². The zero-order chi connectivity index (χ0) is 16.3. The lowest BCUT2D eigenvalue weighted by Crippen LogP contribution is -2.42. The van der Waals surface area contributed by atoms with Crippen LogP contribution >= 0.6 is 15.9 Å². The van der Waals surface area contributed by atoms with Gasteiger partial charge in [0.15, 0.2) is 0 Å². The zero-order valence-electron chi connectivity index (χ0n) is 13.4. The van der Waals surface area contributed by atoms with Gasteiger partial charge >= 0.3 is 0 Å². The van der Waals surface area contributed by atoms with Crippen molar-refractivity contribution in [3.63, 3.8) is 0 Å². The Morgan fingerprint density at radius 1 is 1.24 bits per heavy atom. The fourth-order valence-corrected chi connectivity index (χ4v) is 4.29. The smallest absolute Gasteiger partial charge is 0.241 e. The maximum Gasteiger partial charge on any atom is 0.241 e. The van der Waals surface area contributed by atoms with E-state index in [4.69, 9.17) is 0 Å². The first-order valence-electron chi connectivity index (χ1n) is 7.16. The molecule has 0 aliphatic carbocycles. The average Bonchev–Trinajstić information content (AvgIpc) is 2.38. The van der Waals surface area contributed by atoms with Crippen LogP contribution in [0.3, 0.4) is 0 Å². The van der Waals surface area contributed by atoms with Gasteiger partial charge in [-0.05, 0) is 57.0 Å². The Kier molecular flexibility index (Phi) is 6.40. The molecule has 0 saturated carbocycles. The van der Waals surface area contributed by atoms with E-state index in [1.54, 1.807) is 6.07 Å². The van der Waals surface area contributed by atoms with E-state index < -0.39 is 15.6 Å². The van der Waals surface area contributed by atoms with Gasteiger partial charge in [0.1, 0.15) is 0 Å². The third-order valence-electron chi connectivity index (χ3n) is 3.52. The van der Waals surface area contributed by atoms with E-state index in [1.807, 2.05) is 40.7 Å². The van der Waals surface area contributed by atoms with Crippen molar-refractivity contribution < 1.29 is 8.42 Å². The molecule has 0 spiro atoms. The molecule has 0 fully saturated rings. The molecule has 1 aromatic rings. The first kappa shape index (κ1) is 18.6. The Morgan fingerprint density at radius 3 is 2.38 bits per heavy atom. The number of hydrogen-bond acceptors (Lipinski definition) is 3. The van der Waals surface area contributed by atoms with Gasteiger partial charge in [0, 0.05) is 16.6 Å². The van der Waals surface area contributed by atoms with Crippen LogP contribution < -0.4 is 10.0 Å². The molecule has 0 aliphatic heterocycles. The van der Waals surface area contributed by atoms with E-state index in [9.17, 15) is 8.42 Å². The highest BCUT2D eigenvalue weighted by Crippen LogP contribution is 2.27. The summed E-state index contributed by atoms with van der Waals surface area (Å²) in [5.74, 6) is 0. The second-order valence-corrected chi connectivity index (χ2v) is 8.33. The molecule has 0 radical (unpaired) electrons. The molecule has 0 amide bonds. The molecule has 1 rings (SSSR count). The molecule has 0 heterocycles. The Labute approximate surface area is 136 Å². The fraction of sp³-hybridized carbons (Fsp3) is 0.600. The fourth-order valence-electron chi connectivity index (χ4n) is 1.85. The minimum atomic E-state index is -3.54. The van der Waals surface area contributed by atoms with Gasteiger partial charge in [0.25, 0.3) is 0 Å². The molecule has 2 N–H and O–H groups in total. The van der Waals surface area contributed by atoms with Gasteiger partial charge in [-0.2, -0.15) is 0 Å². The third-order valence-corrected chi connectivity index (χ3v) is 6.17. The summed E-state index contributed by atoms with van der Waals surface area (Å²) < 4.78 is 28.9. The van der Waals surface area contributed by atoms with Gasteiger partial charge < -0.3 is 5.32 Å². The minimum Gasteiger partial charge on any atom is -0.313 e. The summed E-state index contributed by atoms with van der Waals surface area (Å²) in [4.78, 5) is 0.339. The van der Waals surface area contributed by atoms with Crippen LogP contribution in [-0.2, 0) is 16.6 Å². The van der Waals surface area contributed by atoms with Crippen LogP contribution in [0.5, 0.6) is 0 Å². The topological polar surface area (TPSA) is 58.2 Å². The van der Waals surface area contributed by atoms with Crippen LogP contribution in [0.4, 0.5) is 0 Å². The highest BCUT2D eigenvalue weighted by molar-refractivity contribution is 9.10. The van der Waals surface area contributed by atoms with E-state index in [1.165, 1.54) is 0 Å².